The molecule has 68 valence electrons. The van der Waals surface area contributed by atoms with Crippen molar-refractivity contribution >= 4 is 23.4 Å². The lowest BCUT2D eigenvalue weighted by atomic mass is 10.2. The first-order valence-electron chi connectivity index (χ1n) is 3.84. The highest BCUT2D eigenvalue weighted by Gasteiger charge is 2.21. The normalized spacial score (nSPS) is 15.2. The lowest BCUT2D eigenvalue weighted by molar-refractivity contribution is 0.218. The third-order valence-corrected chi connectivity index (χ3v) is 2.32. The van der Waals surface area contributed by atoms with Gasteiger partial charge in [0.2, 0.25) is 0 Å². The van der Waals surface area contributed by atoms with Gasteiger partial charge in [-0.05, 0) is 6.07 Å². The van der Waals surface area contributed by atoms with Crippen LogP contribution in [0, 0.1) is 0 Å². The number of fused-ring (bicyclic) bond motifs is 1. The van der Waals surface area contributed by atoms with Gasteiger partial charge in [0.05, 0.1) is 11.6 Å². The van der Waals surface area contributed by atoms with Gasteiger partial charge in [-0.15, -0.1) is 0 Å². The van der Waals surface area contributed by atoms with E-state index in [0.29, 0.717) is 17.4 Å². The maximum absolute atomic E-state index is 11.2. The molecule has 0 unspecified atom stereocenters. The van der Waals surface area contributed by atoms with E-state index in [4.69, 9.17) is 11.6 Å². The van der Waals surface area contributed by atoms with Gasteiger partial charge in [-0.1, -0.05) is 11.6 Å². The van der Waals surface area contributed by atoms with E-state index in [-0.39, 0.29) is 6.03 Å². The highest BCUT2D eigenvalue weighted by atomic mass is 35.5. The molecule has 2 amide bonds. The van der Waals surface area contributed by atoms with Gasteiger partial charge in [0, 0.05) is 18.8 Å². The van der Waals surface area contributed by atoms with Gasteiger partial charge < -0.3 is 4.90 Å². The van der Waals surface area contributed by atoms with Crippen molar-refractivity contribution in [1.29, 1.82) is 0 Å². The Balaban J connectivity index is 2.48. The lowest BCUT2D eigenvalue weighted by Gasteiger charge is -2.25. The molecule has 0 spiro atoms. The third kappa shape index (κ3) is 1.33. The molecule has 0 bridgehead atoms. The molecule has 2 heterocycles. The van der Waals surface area contributed by atoms with E-state index in [1.165, 1.54) is 0 Å². The fourth-order valence-corrected chi connectivity index (χ4v) is 1.44. The summed E-state index contributed by atoms with van der Waals surface area (Å²) in [5, 5.41) is 3.28. The third-order valence-electron chi connectivity index (χ3n) is 1.97. The Labute approximate surface area is 80.5 Å². The molecular weight excluding hydrogens is 190 g/mol. The molecule has 0 aliphatic carbocycles. The molecule has 0 aromatic carbocycles. The van der Waals surface area contributed by atoms with Crippen molar-refractivity contribution in [1.82, 2.24) is 9.88 Å². The van der Waals surface area contributed by atoms with Crippen LogP contribution in [0.15, 0.2) is 12.3 Å². The number of pyridine rings is 1. The summed E-state index contributed by atoms with van der Waals surface area (Å²) in [4.78, 5) is 16.8. The second-order valence-electron chi connectivity index (χ2n) is 2.91. The van der Waals surface area contributed by atoms with Crippen LogP contribution in [-0.2, 0) is 6.54 Å². The van der Waals surface area contributed by atoms with E-state index in [1.54, 1.807) is 24.2 Å². The van der Waals surface area contributed by atoms with Crippen molar-refractivity contribution in [2.45, 2.75) is 6.54 Å². The molecule has 2 rings (SSSR count). The van der Waals surface area contributed by atoms with Crippen LogP contribution < -0.4 is 5.32 Å². The minimum atomic E-state index is -0.151. The Morgan fingerprint density at radius 2 is 2.46 bits per heavy atom. The predicted molar refractivity (Wildman–Crippen MR) is 49.7 cm³/mol. The number of carbonyl (C=O) groups is 1. The highest BCUT2D eigenvalue weighted by molar-refractivity contribution is 6.31. The second-order valence-corrected chi connectivity index (χ2v) is 3.31. The van der Waals surface area contributed by atoms with E-state index in [2.05, 4.69) is 10.3 Å². The van der Waals surface area contributed by atoms with Gasteiger partial charge in [0.25, 0.3) is 0 Å². The van der Waals surface area contributed by atoms with E-state index in [9.17, 15) is 4.79 Å². The molecule has 13 heavy (non-hydrogen) atoms. The van der Waals surface area contributed by atoms with Crippen LogP contribution in [0.5, 0.6) is 0 Å². The molecule has 0 radical (unpaired) electrons. The summed E-state index contributed by atoms with van der Waals surface area (Å²) in [6.45, 7) is 0.508. The second kappa shape index (κ2) is 2.88. The zero-order chi connectivity index (χ0) is 9.42. The molecule has 5 heteroatoms. The Hall–Kier alpha value is -1.29. The molecule has 1 aliphatic heterocycles. The van der Waals surface area contributed by atoms with Gasteiger partial charge in [0.1, 0.15) is 5.82 Å². The molecule has 0 atom stereocenters. The fraction of sp³-hybridized carbons (Fsp3) is 0.250. The number of amides is 2. The van der Waals surface area contributed by atoms with Crippen LogP contribution in [0.25, 0.3) is 0 Å². The number of urea groups is 1. The number of anilines is 1. The monoisotopic (exact) mass is 197 g/mol. The van der Waals surface area contributed by atoms with Crippen LogP contribution in [0.3, 0.4) is 0 Å². The van der Waals surface area contributed by atoms with Crippen molar-refractivity contribution in [3.63, 3.8) is 0 Å². The van der Waals surface area contributed by atoms with Crippen molar-refractivity contribution in [2.24, 2.45) is 0 Å². The van der Waals surface area contributed by atoms with Gasteiger partial charge >= 0.3 is 6.03 Å². The summed E-state index contributed by atoms with van der Waals surface area (Å²) in [6.07, 6.45) is 1.58. The zero-order valence-electron chi connectivity index (χ0n) is 7.04. The van der Waals surface area contributed by atoms with Crippen molar-refractivity contribution in [3.8, 4) is 0 Å². The number of nitrogens with one attached hydrogen (secondary N) is 1. The zero-order valence-corrected chi connectivity index (χ0v) is 7.80. The van der Waals surface area contributed by atoms with E-state index in [0.717, 1.165) is 5.56 Å². The van der Waals surface area contributed by atoms with Crippen LogP contribution in [0.1, 0.15) is 5.56 Å². The summed E-state index contributed by atoms with van der Waals surface area (Å²) in [7, 11) is 1.71. The first-order chi connectivity index (χ1) is 6.18. The quantitative estimate of drug-likeness (QED) is 0.688. The average molecular weight is 198 g/mol. The Kier molecular flexibility index (Phi) is 1.84. The number of nitrogens with zero attached hydrogens (tertiary/aromatic N) is 2. The number of halogens is 1. The molecule has 1 aliphatic rings. The maximum Gasteiger partial charge on any atom is 0.323 e. The Morgan fingerprint density at radius 3 is 3.23 bits per heavy atom. The summed E-state index contributed by atoms with van der Waals surface area (Å²) in [5.74, 6) is 0.565. The molecule has 4 nitrogen and oxygen atoms in total. The van der Waals surface area contributed by atoms with Crippen LogP contribution >= 0.6 is 11.6 Å². The van der Waals surface area contributed by atoms with Gasteiger partial charge in [-0.25, -0.2) is 9.78 Å². The number of rotatable bonds is 0. The number of aromatic nitrogens is 1. The summed E-state index contributed by atoms with van der Waals surface area (Å²) >= 11 is 5.94. The Bertz CT molecular complexity index is 366. The van der Waals surface area contributed by atoms with E-state index < -0.39 is 0 Å². The molecular formula is C8H8ClN3O. The first kappa shape index (κ1) is 8.31. The molecule has 1 aromatic heterocycles. The Morgan fingerprint density at radius 1 is 1.69 bits per heavy atom. The first-order valence-corrected chi connectivity index (χ1v) is 4.22. The lowest BCUT2D eigenvalue weighted by Crippen LogP contribution is -2.36. The minimum absolute atomic E-state index is 0.151. The molecule has 1 N–H and O–H groups in total. The van der Waals surface area contributed by atoms with Gasteiger partial charge in [-0.3, -0.25) is 5.32 Å². The minimum Gasteiger partial charge on any atom is -0.323 e. The van der Waals surface area contributed by atoms with Gasteiger partial charge in [0.15, 0.2) is 0 Å². The smallest absolute Gasteiger partial charge is 0.323 e. The molecule has 0 saturated carbocycles. The fourth-order valence-electron chi connectivity index (χ4n) is 1.23. The van der Waals surface area contributed by atoms with Crippen LogP contribution in [0.2, 0.25) is 5.02 Å². The molecule has 0 fully saturated rings. The SMILES string of the molecule is CN1Cc2c(Cl)ccnc2NC1=O. The van der Waals surface area contributed by atoms with E-state index in [1.807, 2.05) is 0 Å². The van der Waals surface area contributed by atoms with Crippen LogP contribution in [0.4, 0.5) is 10.6 Å². The standard InChI is InChI=1S/C8H8ClN3O/c1-12-4-5-6(9)2-3-10-7(5)11-8(12)13/h2-3H,4H2,1H3,(H,10,11,13). The van der Waals surface area contributed by atoms with Crippen LogP contribution in [-0.4, -0.2) is 23.0 Å². The largest absolute Gasteiger partial charge is 0.323 e. The summed E-state index contributed by atoms with van der Waals surface area (Å²) in [5.41, 5.74) is 0.867. The van der Waals surface area contributed by atoms with Gasteiger partial charge in [-0.2, -0.15) is 0 Å². The average Bonchev–Trinajstić information content (AvgIpc) is 2.09. The maximum atomic E-state index is 11.2. The van der Waals surface area contributed by atoms with Crippen molar-refractivity contribution in [3.05, 3.63) is 22.8 Å². The predicted octanol–water partition coefficient (Wildman–Crippen LogP) is 1.71. The summed E-state index contributed by atoms with van der Waals surface area (Å²) in [6, 6.07) is 1.56. The number of hydrogen-bond donors (Lipinski definition) is 1. The topological polar surface area (TPSA) is 45.2 Å². The highest BCUT2D eigenvalue weighted by Crippen LogP contribution is 2.26. The van der Waals surface area contributed by atoms with Crippen molar-refractivity contribution in [2.75, 3.05) is 12.4 Å². The molecule has 0 saturated heterocycles. The summed E-state index contributed by atoms with van der Waals surface area (Å²) < 4.78 is 0. The van der Waals surface area contributed by atoms with Crippen molar-refractivity contribution < 1.29 is 4.79 Å². The van der Waals surface area contributed by atoms with E-state index >= 15 is 0 Å². The molecule has 1 aromatic rings. The number of carbonyl (C=O) groups excluding carboxylic acids is 1. The number of hydrogen-bond acceptors (Lipinski definition) is 2.